The molecule has 33 heavy (non-hydrogen) atoms. The SMILES string of the molecule is Cc1cccc(N2CCN([C@@H](c3ccccc3)c3nnc(-c4ccccc4F)o3)CC2)c1C. The van der Waals surface area contributed by atoms with Gasteiger partial charge in [-0.1, -0.05) is 54.6 Å². The third-order valence-corrected chi connectivity index (χ3v) is 6.49. The first-order chi connectivity index (χ1) is 16.1. The molecule has 0 aliphatic carbocycles. The molecule has 1 aliphatic heterocycles. The number of rotatable bonds is 5. The quantitative estimate of drug-likeness (QED) is 0.414. The van der Waals surface area contributed by atoms with Crippen LogP contribution >= 0.6 is 0 Å². The Bertz CT molecular complexity index is 1230. The van der Waals surface area contributed by atoms with E-state index in [1.165, 1.54) is 22.9 Å². The molecule has 0 bridgehead atoms. The van der Waals surface area contributed by atoms with E-state index in [9.17, 15) is 4.39 Å². The summed E-state index contributed by atoms with van der Waals surface area (Å²) in [4.78, 5) is 4.81. The van der Waals surface area contributed by atoms with Crippen LogP contribution in [0.5, 0.6) is 0 Å². The fourth-order valence-electron chi connectivity index (χ4n) is 4.53. The lowest BCUT2D eigenvalue weighted by molar-refractivity contribution is 0.188. The summed E-state index contributed by atoms with van der Waals surface area (Å²) in [6, 6.07) is 23.0. The molecule has 168 valence electrons. The maximum atomic E-state index is 14.3. The number of anilines is 1. The lowest BCUT2D eigenvalue weighted by Crippen LogP contribution is -2.48. The Morgan fingerprint density at radius 1 is 0.818 bits per heavy atom. The number of benzene rings is 3. The normalized spacial score (nSPS) is 15.5. The number of nitrogens with zero attached hydrogens (tertiary/aromatic N) is 4. The highest BCUT2D eigenvalue weighted by molar-refractivity contribution is 5.56. The molecule has 2 heterocycles. The summed E-state index contributed by atoms with van der Waals surface area (Å²) in [6.45, 7) is 7.86. The van der Waals surface area contributed by atoms with E-state index in [-0.39, 0.29) is 17.7 Å². The van der Waals surface area contributed by atoms with Gasteiger partial charge in [-0.25, -0.2) is 4.39 Å². The van der Waals surface area contributed by atoms with Gasteiger partial charge in [-0.15, -0.1) is 10.2 Å². The number of aryl methyl sites for hydroxylation is 1. The second-order valence-electron chi connectivity index (χ2n) is 8.48. The zero-order chi connectivity index (χ0) is 22.8. The van der Waals surface area contributed by atoms with E-state index in [0.29, 0.717) is 11.5 Å². The molecule has 1 fully saturated rings. The van der Waals surface area contributed by atoms with E-state index in [1.807, 2.05) is 18.2 Å². The first-order valence-electron chi connectivity index (χ1n) is 11.3. The third-order valence-electron chi connectivity index (χ3n) is 6.49. The van der Waals surface area contributed by atoms with Crippen molar-refractivity contribution in [2.75, 3.05) is 31.1 Å². The minimum absolute atomic E-state index is 0.181. The zero-order valence-electron chi connectivity index (χ0n) is 18.9. The van der Waals surface area contributed by atoms with Gasteiger partial charge in [0.25, 0.3) is 5.89 Å². The number of hydrogen-bond donors (Lipinski definition) is 0. The van der Waals surface area contributed by atoms with E-state index in [2.05, 4.69) is 64.2 Å². The van der Waals surface area contributed by atoms with Crippen molar-refractivity contribution in [3.8, 4) is 11.5 Å². The Hall–Kier alpha value is -3.51. The van der Waals surface area contributed by atoms with Crippen LogP contribution in [0.1, 0.15) is 28.6 Å². The van der Waals surface area contributed by atoms with Crippen molar-refractivity contribution in [1.29, 1.82) is 0 Å². The Morgan fingerprint density at radius 3 is 2.30 bits per heavy atom. The summed E-state index contributed by atoms with van der Waals surface area (Å²) in [5, 5.41) is 8.53. The highest BCUT2D eigenvalue weighted by atomic mass is 19.1. The average molecular weight is 443 g/mol. The van der Waals surface area contributed by atoms with Crippen LogP contribution in [0.2, 0.25) is 0 Å². The topological polar surface area (TPSA) is 45.4 Å². The van der Waals surface area contributed by atoms with Crippen LogP contribution in [-0.2, 0) is 0 Å². The van der Waals surface area contributed by atoms with Crippen molar-refractivity contribution in [3.05, 3.63) is 101 Å². The molecule has 5 nitrogen and oxygen atoms in total. The molecular formula is C27H27FN4O. The molecule has 4 aromatic rings. The second-order valence-corrected chi connectivity index (χ2v) is 8.48. The Morgan fingerprint density at radius 2 is 1.55 bits per heavy atom. The third kappa shape index (κ3) is 4.26. The lowest BCUT2D eigenvalue weighted by atomic mass is 10.0. The van der Waals surface area contributed by atoms with Gasteiger partial charge in [0.1, 0.15) is 11.9 Å². The van der Waals surface area contributed by atoms with E-state index in [1.54, 1.807) is 18.2 Å². The standard InChI is InChI=1S/C27H27FN4O/c1-19-9-8-14-24(20(19)2)31-15-17-32(18-16-31)25(21-10-4-3-5-11-21)27-30-29-26(33-27)22-12-6-7-13-23(22)28/h3-14,25H,15-18H2,1-2H3/t25-/m0/s1. The summed E-state index contributed by atoms with van der Waals surface area (Å²) < 4.78 is 20.3. The first kappa shape index (κ1) is 21.3. The summed E-state index contributed by atoms with van der Waals surface area (Å²) >= 11 is 0. The van der Waals surface area contributed by atoms with Gasteiger partial charge in [0.15, 0.2) is 0 Å². The molecule has 1 atom stereocenters. The Balaban J connectivity index is 1.42. The molecule has 1 aromatic heterocycles. The summed E-state index contributed by atoms with van der Waals surface area (Å²) in [5.74, 6) is 0.323. The predicted octanol–water partition coefficient (Wildman–Crippen LogP) is 5.40. The van der Waals surface area contributed by atoms with Crippen molar-refractivity contribution in [3.63, 3.8) is 0 Å². The largest absolute Gasteiger partial charge is 0.418 e. The molecule has 1 saturated heterocycles. The van der Waals surface area contributed by atoms with Crippen LogP contribution < -0.4 is 4.90 Å². The number of piperazine rings is 1. The molecule has 3 aromatic carbocycles. The van der Waals surface area contributed by atoms with Crippen molar-refractivity contribution in [2.45, 2.75) is 19.9 Å². The van der Waals surface area contributed by atoms with Gasteiger partial charge in [0.05, 0.1) is 5.56 Å². The van der Waals surface area contributed by atoms with Crippen molar-refractivity contribution in [1.82, 2.24) is 15.1 Å². The molecule has 0 saturated carbocycles. The van der Waals surface area contributed by atoms with Gasteiger partial charge in [-0.05, 0) is 48.7 Å². The van der Waals surface area contributed by atoms with Crippen LogP contribution in [0, 0.1) is 19.7 Å². The number of aromatic nitrogens is 2. The molecule has 5 rings (SSSR count). The fraction of sp³-hybridized carbons (Fsp3) is 0.259. The Kier molecular flexibility index (Phi) is 5.92. The molecule has 6 heteroatoms. The van der Waals surface area contributed by atoms with Gasteiger partial charge < -0.3 is 9.32 Å². The minimum Gasteiger partial charge on any atom is -0.418 e. The smallest absolute Gasteiger partial charge is 0.250 e. The highest BCUT2D eigenvalue weighted by Crippen LogP contribution is 2.32. The van der Waals surface area contributed by atoms with Gasteiger partial charge in [-0.2, -0.15) is 0 Å². The summed E-state index contributed by atoms with van der Waals surface area (Å²) in [5.41, 5.74) is 5.34. The second kappa shape index (κ2) is 9.16. The van der Waals surface area contributed by atoms with Crippen LogP contribution in [-0.4, -0.2) is 41.3 Å². The molecule has 1 aliphatic rings. The maximum absolute atomic E-state index is 14.3. The van der Waals surface area contributed by atoms with Gasteiger partial charge in [0.2, 0.25) is 5.89 Å². The highest BCUT2D eigenvalue weighted by Gasteiger charge is 2.31. The monoisotopic (exact) mass is 442 g/mol. The molecular weight excluding hydrogens is 415 g/mol. The van der Waals surface area contributed by atoms with Crippen LogP contribution in [0.25, 0.3) is 11.5 Å². The lowest BCUT2D eigenvalue weighted by Gasteiger charge is -2.39. The Labute approximate surface area is 193 Å². The van der Waals surface area contributed by atoms with E-state index in [4.69, 9.17) is 4.42 Å². The fourth-order valence-corrected chi connectivity index (χ4v) is 4.53. The summed E-state index contributed by atoms with van der Waals surface area (Å²) in [7, 11) is 0. The van der Waals surface area contributed by atoms with Crippen molar-refractivity contribution >= 4 is 5.69 Å². The number of hydrogen-bond acceptors (Lipinski definition) is 5. The van der Waals surface area contributed by atoms with Crippen LogP contribution in [0.15, 0.2) is 77.2 Å². The molecule has 0 unspecified atom stereocenters. The predicted molar refractivity (Wildman–Crippen MR) is 128 cm³/mol. The first-order valence-corrected chi connectivity index (χ1v) is 11.3. The van der Waals surface area contributed by atoms with E-state index >= 15 is 0 Å². The average Bonchev–Trinajstić information content (AvgIpc) is 3.32. The van der Waals surface area contributed by atoms with E-state index in [0.717, 1.165) is 31.7 Å². The molecule has 0 radical (unpaired) electrons. The minimum atomic E-state index is -0.369. The molecule has 0 N–H and O–H groups in total. The maximum Gasteiger partial charge on any atom is 0.250 e. The van der Waals surface area contributed by atoms with Crippen molar-refractivity contribution < 1.29 is 8.81 Å². The number of halogens is 1. The zero-order valence-corrected chi connectivity index (χ0v) is 18.9. The van der Waals surface area contributed by atoms with E-state index < -0.39 is 0 Å². The van der Waals surface area contributed by atoms with Gasteiger partial charge in [0, 0.05) is 31.9 Å². The molecule has 0 amide bonds. The van der Waals surface area contributed by atoms with Crippen LogP contribution in [0.3, 0.4) is 0 Å². The van der Waals surface area contributed by atoms with Crippen LogP contribution in [0.4, 0.5) is 10.1 Å². The van der Waals surface area contributed by atoms with Gasteiger partial charge in [-0.3, -0.25) is 4.90 Å². The summed E-state index contributed by atoms with van der Waals surface area (Å²) in [6.07, 6.45) is 0. The van der Waals surface area contributed by atoms with Crippen molar-refractivity contribution in [2.24, 2.45) is 0 Å². The molecule has 0 spiro atoms. The van der Waals surface area contributed by atoms with Gasteiger partial charge >= 0.3 is 0 Å².